The van der Waals surface area contributed by atoms with Crippen LogP contribution in [0.15, 0.2) is 24.3 Å². The van der Waals surface area contributed by atoms with E-state index in [1.807, 2.05) is 0 Å². The van der Waals surface area contributed by atoms with Crippen molar-refractivity contribution < 1.29 is 0 Å². The topological polar surface area (TPSA) is 15.3 Å². The van der Waals surface area contributed by atoms with Gasteiger partial charge in [-0.2, -0.15) is 0 Å². The second kappa shape index (κ2) is 7.80. The van der Waals surface area contributed by atoms with Gasteiger partial charge in [-0.25, -0.2) is 0 Å². The molecule has 0 aliphatic heterocycles. The first kappa shape index (κ1) is 17.2. The Bertz CT molecular complexity index is 391. The van der Waals surface area contributed by atoms with Crippen LogP contribution in [-0.4, -0.2) is 25.0 Å². The van der Waals surface area contributed by atoms with Gasteiger partial charge in [-0.3, -0.25) is 0 Å². The van der Waals surface area contributed by atoms with Gasteiger partial charge in [-0.1, -0.05) is 58.9 Å². The molecule has 20 heavy (non-hydrogen) atoms. The van der Waals surface area contributed by atoms with E-state index in [-0.39, 0.29) is 0 Å². The minimum atomic E-state index is 0.352. The van der Waals surface area contributed by atoms with Crippen molar-refractivity contribution in [3.8, 4) is 0 Å². The van der Waals surface area contributed by atoms with E-state index >= 15 is 0 Å². The largest absolute Gasteiger partial charge is 0.312 e. The molecule has 0 saturated heterocycles. The number of rotatable bonds is 7. The van der Waals surface area contributed by atoms with E-state index in [9.17, 15) is 0 Å². The Labute approximate surface area is 125 Å². The lowest BCUT2D eigenvalue weighted by Gasteiger charge is -2.26. The van der Waals surface area contributed by atoms with Crippen molar-refractivity contribution in [2.75, 3.05) is 20.1 Å². The fraction of sp³-hybridized carbons (Fsp3) is 0.667. The summed E-state index contributed by atoms with van der Waals surface area (Å²) < 4.78 is 0. The second-order valence-electron chi connectivity index (χ2n) is 7.58. The summed E-state index contributed by atoms with van der Waals surface area (Å²) in [6.45, 7) is 15.5. The molecule has 0 bridgehead atoms. The molecule has 0 unspecified atom stereocenters. The fourth-order valence-electron chi connectivity index (χ4n) is 2.52. The van der Waals surface area contributed by atoms with Gasteiger partial charge in [0.25, 0.3) is 0 Å². The Morgan fingerprint density at radius 3 is 2.40 bits per heavy atom. The van der Waals surface area contributed by atoms with Crippen LogP contribution in [0.1, 0.15) is 45.7 Å². The summed E-state index contributed by atoms with van der Waals surface area (Å²) in [5, 5.41) is 3.51. The number of hydrogen-bond donors (Lipinski definition) is 1. The molecule has 0 heterocycles. The average molecular weight is 276 g/mol. The maximum absolute atomic E-state index is 3.51. The molecular formula is C18H32N2. The molecule has 0 spiro atoms. The van der Waals surface area contributed by atoms with Crippen molar-refractivity contribution in [3.05, 3.63) is 35.4 Å². The van der Waals surface area contributed by atoms with Crippen molar-refractivity contribution in [1.29, 1.82) is 0 Å². The first-order valence-electron chi connectivity index (χ1n) is 7.73. The van der Waals surface area contributed by atoms with Gasteiger partial charge in [0.1, 0.15) is 0 Å². The van der Waals surface area contributed by atoms with Gasteiger partial charge in [-0.15, -0.1) is 0 Å². The number of benzene rings is 1. The maximum atomic E-state index is 3.51. The highest BCUT2D eigenvalue weighted by Gasteiger charge is 2.13. The van der Waals surface area contributed by atoms with Crippen molar-refractivity contribution in [1.82, 2.24) is 10.2 Å². The fourth-order valence-corrected chi connectivity index (χ4v) is 2.52. The van der Waals surface area contributed by atoms with Crippen LogP contribution in [0.2, 0.25) is 0 Å². The Balaban J connectivity index is 2.51. The smallest absolute Gasteiger partial charge is 0.0231 e. The van der Waals surface area contributed by atoms with E-state index in [0.29, 0.717) is 11.3 Å². The van der Waals surface area contributed by atoms with Crippen molar-refractivity contribution in [2.45, 2.75) is 47.7 Å². The van der Waals surface area contributed by atoms with Gasteiger partial charge < -0.3 is 10.2 Å². The molecule has 1 N–H and O–H groups in total. The molecule has 114 valence electrons. The van der Waals surface area contributed by atoms with Crippen LogP contribution in [0.3, 0.4) is 0 Å². The Morgan fingerprint density at radius 2 is 1.80 bits per heavy atom. The monoisotopic (exact) mass is 276 g/mol. The minimum Gasteiger partial charge on any atom is -0.312 e. The summed E-state index contributed by atoms with van der Waals surface area (Å²) in [6.07, 6.45) is 0. The molecule has 0 aliphatic carbocycles. The molecule has 0 aliphatic rings. The van der Waals surface area contributed by atoms with Gasteiger partial charge in [0.05, 0.1) is 0 Å². The Kier molecular flexibility index (Phi) is 6.70. The Hall–Kier alpha value is -0.860. The lowest BCUT2D eigenvalue weighted by molar-refractivity contribution is 0.221. The molecule has 1 rings (SSSR count). The molecule has 2 heteroatoms. The Morgan fingerprint density at radius 1 is 1.15 bits per heavy atom. The summed E-state index contributed by atoms with van der Waals surface area (Å²) in [4.78, 5) is 2.40. The highest BCUT2D eigenvalue weighted by Crippen LogP contribution is 2.16. The molecule has 0 aromatic heterocycles. The summed E-state index contributed by atoms with van der Waals surface area (Å²) in [5.74, 6) is 0.705. The molecule has 0 amide bonds. The normalized spacial score (nSPS) is 12.4. The van der Waals surface area contributed by atoms with Crippen LogP contribution >= 0.6 is 0 Å². The second-order valence-corrected chi connectivity index (χ2v) is 7.58. The van der Waals surface area contributed by atoms with Gasteiger partial charge in [0.15, 0.2) is 0 Å². The lowest BCUT2D eigenvalue weighted by Crippen LogP contribution is -2.28. The van der Waals surface area contributed by atoms with E-state index in [4.69, 9.17) is 0 Å². The first-order valence-corrected chi connectivity index (χ1v) is 7.73. The maximum Gasteiger partial charge on any atom is 0.0231 e. The van der Waals surface area contributed by atoms with Gasteiger partial charge >= 0.3 is 0 Å². The molecule has 0 saturated carbocycles. The van der Waals surface area contributed by atoms with Crippen LogP contribution in [0.25, 0.3) is 0 Å². The highest BCUT2D eigenvalue weighted by atomic mass is 15.1. The van der Waals surface area contributed by atoms with Gasteiger partial charge in [0.2, 0.25) is 0 Å². The SMILES string of the molecule is CC(C)CNCc1cccc(CN(C)CC(C)(C)C)c1. The molecule has 2 nitrogen and oxygen atoms in total. The minimum absolute atomic E-state index is 0.352. The quantitative estimate of drug-likeness (QED) is 0.812. The van der Waals surface area contributed by atoms with Crippen molar-refractivity contribution >= 4 is 0 Å². The molecule has 1 aromatic carbocycles. The van der Waals surface area contributed by atoms with Crippen molar-refractivity contribution in [2.24, 2.45) is 11.3 Å². The molecular weight excluding hydrogens is 244 g/mol. The average Bonchev–Trinajstić information content (AvgIpc) is 2.26. The standard InChI is InChI=1S/C18H32N2/c1-15(2)11-19-12-16-8-7-9-17(10-16)13-20(6)14-18(3,4)5/h7-10,15,19H,11-14H2,1-6H3. The number of nitrogens with zero attached hydrogens (tertiary/aromatic N) is 1. The van der Waals surface area contributed by atoms with Crippen LogP contribution in [0, 0.1) is 11.3 Å². The summed E-state index contributed by atoms with van der Waals surface area (Å²) >= 11 is 0. The van der Waals surface area contributed by atoms with E-state index in [1.54, 1.807) is 0 Å². The third kappa shape index (κ3) is 7.66. The van der Waals surface area contributed by atoms with Crippen LogP contribution in [0.4, 0.5) is 0 Å². The van der Waals surface area contributed by atoms with Crippen LogP contribution in [-0.2, 0) is 13.1 Å². The van der Waals surface area contributed by atoms with Crippen LogP contribution < -0.4 is 5.32 Å². The first-order chi connectivity index (χ1) is 9.26. The highest BCUT2D eigenvalue weighted by molar-refractivity contribution is 5.23. The van der Waals surface area contributed by atoms with E-state index in [0.717, 1.165) is 26.2 Å². The summed E-state index contributed by atoms with van der Waals surface area (Å²) in [5.41, 5.74) is 3.14. The lowest BCUT2D eigenvalue weighted by atomic mass is 9.96. The predicted molar refractivity (Wildman–Crippen MR) is 88.8 cm³/mol. The predicted octanol–water partition coefficient (Wildman–Crippen LogP) is 3.91. The van der Waals surface area contributed by atoms with Crippen LogP contribution in [0.5, 0.6) is 0 Å². The van der Waals surface area contributed by atoms with E-state index < -0.39 is 0 Å². The molecule has 0 fully saturated rings. The third-order valence-electron chi connectivity index (χ3n) is 3.07. The molecule has 0 atom stereocenters. The molecule has 1 aromatic rings. The zero-order valence-corrected chi connectivity index (χ0v) is 14.2. The number of hydrogen-bond acceptors (Lipinski definition) is 2. The number of nitrogens with one attached hydrogen (secondary N) is 1. The van der Waals surface area contributed by atoms with Gasteiger partial charge in [-0.05, 0) is 36.1 Å². The zero-order chi connectivity index (χ0) is 15.2. The molecule has 0 radical (unpaired) electrons. The van der Waals surface area contributed by atoms with E-state index in [2.05, 4.69) is 76.1 Å². The van der Waals surface area contributed by atoms with Gasteiger partial charge in [0, 0.05) is 19.6 Å². The third-order valence-corrected chi connectivity index (χ3v) is 3.07. The summed E-state index contributed by atoms with van der Waals surface area (Å²) in [7, 11) is 2.20. The summed E-state index contributed by atoms with van der Waals surface area (Å²) in [6, 6.07) is 8.94. The van der Waals surface area contributed by atoms with E-state index in [1.165, 1.54) is 11.1 Å². The zero-order valence-electron chi connectivity index (χ0n) is 14.2. The van der Waals surface area contributed by atoms with Crippen molar-refractivity contribution in [3.63, 3.8) is 0 Å².